The van der Waals surface area contributed by atoms with E-state index in [1.54, 1.807) is 0 Å². The van der Waals surface area contributed by atoms with Crippen LogP contribution in [0.15, 0.2) is 35.6 Å². The Morgan fingerprint density at radius 1 is 1.15 bits per heavy atom. The van der Waals surface area contributed by atoms with Crippen molar-refractivity contribution in [2.75, 3.05) is 13.6 Å². The van der Waals surface area contributed by atoms with Gasteiger partial charge in [-0.05, 0) is 24.0 Å². The second-order valence-electron chi connectivity index (χ2n) is 7.56. The second-order valence-corrected chi connectivity index (χ2v) is 7.56. The summed E-state index contributed by atoms with van der Waals surface area (Å²) in [5.74, 6) is 2.64. The fourth-order valence-corrected chi connectivity index (χ4v) is 1.92. The summed E-state index contributed by atoms with van der Waals surface area (Å²) in [5, 5.41) is 0. The fraction of sp³-hybridized carbons (Fsp3) is 0.579. The maximum absolute atomic E-state index is 5.43. The summed E-state index contributed by atoms with van der Waals surface area (Å²) >= 11 is 0. The van der Waals surface area contributed by atoms with E-state index in [0.29, 0.717) is 0 Å². The number of hydrogen-bond donors (Lipinski definition) is 0. The minimum absolute atomic E-state index is 0.0627. The Kier molecular flexibility index (Phi) is 6.35. The largest absolute Gasteiger partial charge is 0.374 e. The summed E-state index contributed by atoms with van der Waals surface area (Å²) in [4.78, 5) is 2.21. The Morgan fingerprint density at radius 2 is 1.65 bits per heavy atom. The summed E-state index contributed by atoms with van der Waals surface area (Å²) in [7, 11) is 2.09. The van der Waals surface area contributed by atoms with Crippen molar-refractivity contribution in [1.82, 2.24) is 4.90 Å². The number of terminal acetylenes is 1. The molecule has 0 fully saturated rings. The van der Waals surface area contributed by atoms with Crippen LogP contribution in [0, 0.1) is 23.2 Å². The zero-order valence-corrected chi connectivity index (χ0v) is 14.6. The summed E-state index contributed by atoms with van der Waals surface area (Å²) in [6, 6.07) is 0. The number of likely N-dealkylation sites (N-methyl/N-ethyl adjacent to an activating group) is 1. The Hall–Kier alpha value is -1.42. The van der Waals surface area contributed by atoms with Gasteiger partial charge in [0.15, 0.2) is 0 Å². The third kappa shape index (κ3) is 6.15. The van der Waals surface area contributed by atoms with Crippen molar-refractivity contribution in [3.63, 3.8) is 0 Å². The molecule has 0 radical (unpaired) electrons. The molecular formula is C19H31N. The Morgan fingerprint density at radius 3 is 2.00 bits per heavy atom. The standard InChI is InChI=1S/C19H31N/c1-11-12-17(19(7,8)9)13-15(2)14-20(10)16(3)18(4,5)6/h1,12-13H,3,14H2,2,4-10H3/b15-13-,17-12+. The molecule has 0 saturated heterocycles. The summed E-state index contributed by atoms with van der Waals surface area (Å²) < 4.78 is 0. The molecule has 0 unspecified atom stereocenters. The van der Waals surface area contributed by atoms with Crippen molar-refractivity contribution < 1.29 is 0 Å². The van der Waals surface area contributed by atoms with Crippen LogP contribution in [0.4, 0.5) is 0 Å². The van der Waals surface area contributed by atoms with Crippen LogP contribution in [-0.2, 0) is 0 Å². The minimum Gasteiger partial charge on any atom is -0.374 e. The van der Waals surface area contributed by atoms with Crippen LogP contribution in [0.3, 0.4) is 0 Å². The average molecular weight is 273 g/mol. The topological polar surface area (TPSA) is 3.24 Å². The molecule has 1 nitrogen and oxygen atoms in total. The summed E-state index contributed by atoms with van der Waals surface area (Å²) in [5.41, 5.74) is 3.77. The van der Waals surface area contributed by atoms with Gasteiger partial charge in [-0.25, -0.2) is 0 Å². The molecule has 0 rings (SSSR count). The van der Waals surface area contributed by atoms with Gasteiger partial charge in [0, 0.05) is 24.7 Å². The fourth-order valence-electron chi connectivity index (χ4n) is 1.92. The lowest BCUT2D eigenvalue weighted by Crippen LogP contribution is -2.27. The zero-order valence-electron chi connectivity index (χ0n) is 14.6. The first-order valence-electron chi connectivity index (χ1n) is 7.14. The predicted molar refractivity (Wildman–Crippen MR) is 91.4 cm³/mol. The van der Waals surface area contributed by atoms with Crippen molar-refractivity contribution in [2.45, 2.75) is 48.5 Å². The van der Waals surface area contributed by atoms with Gasteiger partial charge in [-0.2, -0.15) is 0 Å². The second kappa shape index (κ2) is 6.84. The molecule has 0 aromatic heterocycles. The monoisotopic (exact) mass is 273 g/mol. The summed E-state index contributed by atoms with van der Waals surface area (Å²) in [6.45, 7) is 20.3. The van der Waals surface area contributed by atoms with Crippen molar-refractivity contribution >= 4 is 0 Å². The third-order valence-electron chi connectivity index (χ3n) is 3.32. The van der Waals surface area contributed by atoms with Crippen LogP contribution in [0.1, 0.15) is 48.5 Å². The van der Waals surface area contributed by atoms with Crippen LogP contribution in [0.25, 0.3) is 0 Å². The highest BCUT2D eigenvalue weighted by atomic mass is 15.1. The Bertz CT molecular complexity index is 442. The van der Waals surface area contributed by atoms with Crippen LogP contribution >= 0.6 is 0 Å². The molecule has 0 saturated carbocycles. The number of rotatable bonds is 4. The van der Waals surface area contributed by atoms with Gasteiger partial charge in [-0.1, -0.05) is 65.7 Å². The van der Waals surface area contributed by atoms with Gasteiger partial charge in [0.25, 0.3) is 0 Å². The van der Waals surface area contributed by atoms with Gasteiger partial charge < -0.3 is 4.90 Å². The number of nitrogens with zero attached hydrogens (tertiary/aromatic N) is 1. The lowest BCUT2D eigenvalue weighted by molar-refractivity contribution is 0.329. The molecule has 0 N–H and O–H groups in total. The van der Waals surface area contributed by atoms with Gasteiger partial charge in [-0.3, -0.25) is 0 Å². The SMILES string of the molecule is C#C/C=C(\C=C(\C)CN(C)C(=C)C(C)(C)C)C(C)(C)C. The molecule has 0 aromatic carbocycles. The van der Waals surface area contributed by atoms with E-state index in [-0.39, 0.29) is 10.8 Å². The quantitative estimate of drug-likeness (QED) is 0.513. The lowest BCUT2D eigenvalue weighted by atomic mass is 9.85. The molecule has 0 amide bonds. The normalized spacial score (nSPS) is 13.9. The highest BCUT2D eigenvalue weighted by molar-refractivity contribution is 5.34. The van der Waals surface area contributed by atoms with Gasteiger partial charge >= 0.3 is 0 Å². The molecule has 0 aliphatic carbocycles. The minimum atomic E-state index is 0.0627. The predicted octanol–water partition coefficient (Wildman–Crippen LogP) is 5.03. The highest BCUT2D eigenvalue weighted by Crippen LogP contribution is 2.29. The van der Waals surface area contributed by atoms with E-state index in [1.165, 1.54) is 11.1 Å². The molecule has 20 heavy (non-hydrogen) atoms. The van der Waals surface area contributed by atoms with E-state index in [1.807, 2.05) is 6.08 Å². The van der Waals surface area contributed by atoms with Crippen molar-refractivity contribution in [1.29, 1.82) is 0 Å². The zero-order chi connectivity index (χ0) is 16.1. The first-order chi connectivity index (χ1) is 8.89. The van der Waals surface area contributed by atoms with E-state index in [2.05, 4.69) is 79.0 Å². The van der Waals surface area contributed by atoms with Crippen LogP contribution in [0.5, 0.6) is 0 Å². The lowest BCUT2D eigenvalue weighted by Gasteiger charge is -2.32. The Labute approximate surface area is 126 Å². The maximum atomic E-state index is 5.43. The summed E-state index contributed by atoms with van der Waals surface area (Å²) in [6.07, 6.45) is 9.49. The molecule has 0 bridgehead atoms. The van der Waals surface area contributed by atoms with E-state index >= 15 is 0 Å². The molecule has 0 aromatic rings. The van der Waals surface area contributed by atoms with Gasteiger partial charge in [-0.15, -0.1) is 6.42 Å². The van der Waals surface area contributed by atoms with E-state index in [9.17, 15) is 0 Å². The molecule has 0 heterocycles. The molecule has 0 spiro atoms. The maximum Gasteiger partial charge on any atom is 0.0383 e. The molecule has 0 aliphatic rings. The van der Waals surface area contributed by atoms with Gasteiger partial charge in [0.2, 0.25) is 0 Å². The van der Waals surface area contributed by atoms with Crippen LogP contribution in [0.2, 0.25) is 0 Å². The van der Waals surface area contributed by atoms with Crippen molar-refractivity contribution in [3.05, 3.63) is 35.6 Å². The molecule has 112 valence electrons. The van der Waals surface area contributed by atoms with Gasteiger partial charge in [0.05, 0.1) is 0 Å². The first kappa shape index (κ1) is 18.6. The van der Waals surface area contributed by atoms with Crippen LogP contribution in [-0.4, -0.2) is 18.5 Å². The van der Waals surface area contributed by atoms with E-state index in [0.717, 1.165) is 12.2 Å². The smallest absolute Gasteiger partial charge is 0.0383 e. The van der Waals surface area contributed by atoms with Crippen molar-refractivity contribution in [3.8, 4) is 12.3 Å². The Balaban J connectivity index is 5.06. The first-order valence-corrected chi connectivity index (χ1v) is 7.14. The van der Waals surface area contributed by atoms with E-state index < -0.39 is 0 Å². The molecule has 0 aliphatic heterocycles. The van der Waals surface area contributed by atoms with Crippen LogP contribution < -0.4 is 0 Å². The third-order valence-corrected chi connectivity index (χ3v) is 3.32. The van der Waals surface area contributed by atoms with E-state index in [4.69, 9.17) is 6.42 Å². The van der Waals surface area contributed by atoms with Gasteiger partial charge in [0.1, 0.15) is 0 Å². The van der Waals surface area contributed by atoms with Crippen molar-refractivity contribution in [2.24, 2.45) is 10.8 Å². The molecule has 0 atom stereocenters. The highest BCUT2D eigenvalue weighted by Gasteiger charge is 2.19. The number of hydrogen-bond acceptors (Lipinski definition) is 1. The molecule has 1 heteroatoms. The average Bonchev–Trinajstić information content (AvgIpc) is 2.24. The molecular weight excluding hydrogens is 242 g/mol. The number of allylic oxidation sites excluding steroid dienone is 4.